The second-order valence-corrected chi connectivity index (χ2v) is 8.04. The molecule has 1 N–H and O–H groups in total. The predicted molar refractivity (Wildman–Crippen MR) is 84.1 cm³/mol. The summed E-state index contributed by atoms with van der Waals surface area (Å²) in [6.07, 6.45) is 1.54. The summed E-state index contributed by atoms with van der Waals surface area (Å²) in [5.74, 6) is -2.78. The minimum Gasteiger partial charge on any atom is -0.593 e. The second kappa shape index (κ2) is 6.04. The van der Waals surface area contributed by atoms with Crippen LogP contribution in [0.4, 0.5) is 8.78 Å². The van der Waals surface area contributed by atoms with Gasteiger partial charge in [0, 0.05) is 11.8 Å². The van der Waals surface area contributed by atoms with Crippen LogP contribution in [0.3, 0.4) is 0 Å². The minimum absolute atomic E-state index is 0.170. The number of nitriles is 1. The Morgan fingerprint density at radius 2 is 1.96 bits per heavy atom. The van der Waals surface area contributed by atoms with E-state index in [2.05, 4.69) is 10.8 Å². The number of alkyl halides is 2. The molecule has 23 heavy (non-hydrogen) atoms. The van der Waals surface area contributed by atoms with Crippen molar-refractivity contribution in [2.24, 2.45) is 11.3 Å². The third-order valence-electron chi connectivity index (χ3n) is 5.19. The summed E-state index contributed by atoms with van der Waals surface area (Å²) < 4.78 is 43.2. The molecule has 3 rings (SSSR count). The Balaban J connectivity index is 1.67. The molecule has 1 spiro atoms. The van der Waals surface area contributed by atoms with Crippen LogP contribution in [-0.2, 0) is 11.4 Å². The van der Waals surface area contributed by atoms with Crippen molar-refractivity contribution in [1.82, 2.24) is 4.72 Å². The fourth-order valence-electron chi connectivity index (χ4n) is 3.46. The molecule has 6 heteroatoms. The summed E-state index contributed by atoms with van der Waals surface area (Å²) in [6, 6.07) is 8.69. The maximum atomic E-state index is 14.0. The van der Waals surface area contributed by atoms with Gasteiger partial charge in [0.25, 0.3) is 5.92 Å². The van der Waals surface area contributed by atoms with Crippen molar-refractivity contribution in [3.05, 3.63) is 29.8 Å². The Kier molecular flexibility index (Phi) is 4.39. The van der Waals surface area contributed by atoms with Gasteiger partial charge in [-0.15, -0.1) is 4.72 Å². The number of nitrogens with zero attached hydrogens (tertiary/aromatic N) is 1. The summed E-state index contributed by atoms with van der Waals surface area (Å²) in [7, 11) is 0. The van der Waals surface area contributed by atoms with Crippen LogP contribution in [0.5, 0.6) is 0 Å². The van der Waals surface area contributed by atoms with Gasteiger partial charge in [-0.3, -0.25) is 0 Å². The molecule has 1 aromatic rings. The molecule has 0 heterocycles. The molecule has 0 bridgehead atoms. The van der Waals surface area contributed by atoms with Gasteiger partial charge in [-0.1, -0.05) is 17.7 Å². The lowest BCUT2D eigenvalue weighted by Crippen LogP contribution is -2.46. The molecule has 0 aliphatic heterocycles. The Hall–Kier alpha value is -1.16. The normalized spacial score (nSPS) is 27.2. The van der Waals surface area contributed by atoms with Gasteiger partial charge >= 0.3 is 0 Å². The van der Waals surface area contributed by atoms with E-state index in [1.165, 1.54) is 0 Å². The topological polar surface area (TPSA) is 58.9 Å². The molecular formula is C17H20F2N2OS. The molecule has 3 atom stereocenters. The van der Waals surface area contributed by atoms with Gasteiger partial charge in [-0.2, -0.15) is 5.26 Å². The average Bonchev–Trinajstić information content (AvgIpc) is 3.30. The quantitative estimate of drug-likeness (QED) is 0.851. The molecule has 2 fully saturated rings. The molecular weight excluding hydrogens is 318 g/mol. The lowest BCUT2D eigenvalue weighted by molar-refractivity contribution is -0.114. The first-order valence-electron chi connectivity index (χ1n) is 7.89. The van der Waals surface area contributed by atoms with E-state index in [-0.39, 0.29) is 12.3 Å². The van der Waals surface area contributed by atoms with Crippen molar-refractivity contribution in [2.45, 2.75) is 55.9 Å². The molecule has 0 unspecified atom stereocenters. The van der Waals surface area contributed by atoms with E-state index in [0.29, 0.717) is 30.6 Å². The van der Waals surface area contributed by atoms with E-state index < -0.39 is 28.7 Å². The van der Waals surface area contributed by atoms with Gasteiger partial charge < -0.3 is 4.55 Å². The first kappa shape index (κ1) is 16.7. The number of rotatable bonds is 4. The van der Waals surface area contributed by atoms with Crippen LogP contribution in [0.15, 0.2) is 29.2 Å². The SMILES string of the molecule is Cc1ccc([S@+]([O-])N[C@H](C#N)[C@@H]2CCC(F)(F)C3(CC3)C2)cc1. The Bertz CT molecular complexity index is 610. The van der Waals surface area contributed by atoms with E-state index >= 15 is 0 Å². The first-order chi connectivity index (χ1) is 10.9. The van der Waals surface area contributed by atoms with Crippen molar-refractivity contribution >= 4 is 11.4 Å². The molecule has 0 saturated heterocycles. The smallest absolute Gasteiger partial charge is 0.253 e. The summed E-state index contributed by atoms with van der Waals surface area (Å²) in [5.41, 5.74) is 0.158. The van der Waals surface area contributed by atoms with Crippen molar-refractivity contribution < 1.29 is 13.3 Å². The molecule has 0 radical (unpaired) electrons. The zero-order valence-corrected chi connectivity index (χ0v) is 13.8. The standard InChI is InChI=1S/C17H20F2N2OS/c1-12-2-4-14(5-3-12)23(22)21-15(11-20)13-6-7-17(18,19)16(10-13)8-9-16/h2-5,13,15,21H,6-10H2,1H3/t13-,15-,23+/m1/s1. The highest BCUT2D eigenvalue weighted by Crippen LogP contribution is 2.65. The largest absolute Gasteiger partial charge is 0.593 e. The zero-order chi connectivity index (χ0) is 16.7. The predicted octanol–water partition coefficient (Wildman–Crippen LogP) is 3.72. The summed E-state index contributed by atoms with van der Waals surface area (Å²) in [6.45, 7) is 1.94. The first-order valence-corrected chi connectivity index (χ1v) is 9.04. The highest BCUT2D eigenvalue weighted by atomic mass is 32.2. The van der Waals surface area contributed by atoms with Crippen LogP contribution in [-0.4, -0.2) is 16.5 Å². The van der Waals surface area contributed by atoms with Crippen molar-refractivity contribution in [3.63, 3.8) is 0 Å². The lowest BCUT2D eigenvalue weighted by atomic mass is 9.74. The molecule has 3 nitrogen and oxygen atoms in total. The van der Waals surface area contributed by atoms with Gasteiger partial charge in [0.15, 0.2) is 4.90 Å². The summed E-state index contributed by atoms with van der Waals surface area (Å²) in [4.78, 5) is 0.595. The molecule has 2 aliphatic rings. The maximum Gasteiger partial charge on any atom is 0.253 e. The number of nitrogens with one attached hydrogen (secondary N) is 1. The molecule has 1 aromatic carbocycles. The van der Waals surface area contributed by atoms with Gasteiger partial charge in [-0.25, -0.2) is 8.78 Å². The van der Waals surface area contributed by atoms with Crippen molar-refractivity contribution in [2.75, 3.05) is 0 Å². The van der Waals surface area contributed by atoms with E-state index in [1.807, 2.05) is 19.1 Å². The zero-order valence-electron chi connectivity index (χ0n) is 13.0. The monoisotopic (exact) mass is 338 g/mol. The minimum atomic E-state index is -2.61. The fourth-order valence-corrected chi connectivity index (χ4v) is 4.46. The molecule has 2 aliphatic carbocycles. The van der Waals surface area contributed by atoms with Crippen LogP contribution in [0.25, 0.3) is 0 Å². The van der Waals surface area contributed by atoms with Crippen molar-refractivity contribution in [1.29, 1.82) is 5.26 Å². The third-order valence-corrected chi connectivity index (χ3v) is 6.36. The molecule has 124 valence electrons. The number of halogens is 2. The number of benzene rings is 1. The molecule has 2 saturated carbocycles. The van der Waals surface area contributed by atoms with Gasteiger partial charge in [0.2, 0.25) is 0 Å². The van der Waals surface area contributed by atoms with Crippen LogP contribution in [0.2, 0.25) is 0 Å². The van der Waals surface area contributed by atoms with E-state index in [9.17, 15) is 18.6 Å². The number of hydrogen-bond acceptors (Lipinski definition) is 3. The summed E-state index contributed by atoms with van der Waals surface area (Å²) >= 11 is -1.51. The Morgan fingerprint density at radius 3 is 2.52 bits per heavy atom. The fraction of sp³-hybridized carbons (Fsp3) is 0.588. The van der Waals surface area contributed by atoms with Crippen LogP contribution in [0, 0.1) is 29.6 Å². The summed E-state index contributed by atoms with van der Waals surface area (Å²) in [5, 5.41) is 9.40. The van der Waals surface area contributed by atoms with Gasteiger partial charge in [-0.05, 0) is 50.7 Å². The average molecular weight is 338 g/mol. The van der Waals surface area contributed by atoms with Gasteiger partial charge in [0.1, 0.15) is 6.04 Å². The molecule has 0 aromatic heterocycles. The van der Waals surface area contributed by atoms with Crippen LogP contribution < -0.4 is 4.72 Å². The highest BCUT2D eigenvalue weighted by Gasteiger charge is 2.64. The van der Waals surface area contributed by atoms with Crippen molar-refractivity contribution in [3.8, 4) is 6.07 Å². The Morgan fingerprint density at radius 1 is 1.30 bits per heavy atom. The van der Waals surface area contributed by atoms with Crippen LogP contribution >= 0.6 is 0 Å². The number of hydrogen-bond donors (Lipinski definition) is 1. The Labute approximate surface area is 138 Å². The van der Waals surface area contributed by atoms with E-state index in [4.69, 9.17) is 0 Å². The van der Waals surface area contributed by atoms with Gasteiger partial charge in [0.05, 0.1) is 17.4 Å². The van der Waals surface area contributed by atoms with E-state index in [1.54, 1.807) is 12.1 Å². The highest BCUT2D eigenvalue weighted by molar-refractivity contribution is 7.89. The second-order valence-electron chi connectivity index (χ2n) is 6.79. The van der Waals surface area contributed by atoms with Crippen LogP contribution in [0.1, 0.15) is 37.7 Å². The lowest BCUT2D eigenvalue weighted by Gasteiger charge is -2.37. The van der Waals surface area contributed by atoms with E-state index in [0.717, 1.165) is 5.56 Å². The number of aryl methyl sites for hydroxylation is 1. The third kappa shape index (κ3) is 3.23. The molecule has 0 amide bonds. The maximum absolute atomic E-state index is 14.0.